The van der Waals surface area contributed by atoms with Crippen LogP contribution in [0.25, 0.3) is 5.69 Å². The molecule has 0 saturated carbocycles. The van der Waals surface area contributed by atoms with E-state index in [0.29, 0.717) is 16.8 Å². The van der Waals surface area contributed by atoms with Crippen LogP contribution in [0.1, 0.15) is 57.4 Å². The monoisotopic (exact) mass is 373 g/mol. The second-order valence-electron chi connectivity index (χ2n) is 7.06. The molecule has 0 atom stereocenters. The Bertz CT molecular complexity index is 705. The molecule has 1 aliphatic heterocycles. The van der Waals surface area contributed by atoms with Crippen molar-refractivity contribution >= 4 is 17.7 Å². The number of aromatic nitrogens is 4. The van der Waals surface area contributed by atoms with E-state index in [9.17, 15) is 4.79 Å². The first-order valence-corrected chi connectivity index (χ1v) is 10.4. The third-order valence-electron chi connectivity index (χ3n) is 4.78. The average molecular weight is 374 g/mol. The Morgan fingerprint density at radius 1 is 1.08 bits per heavy atom. The van der Waals surface area contributed by atoms with Crippen LogP contribution in [0.4, 0.5) is 0 Å². The maximum Gasteiger partial charge on any atom is 0.233 e. The van der Waals surface area contributed by atoms with E-state index in [1.54, 1.807) is 4.68 Å². The fourth-order valence-corrected chi connectivity index (χ4v) is 3.94. The van der Waals surface area contributed by atoms with E-state index < -0.39 is 0 Å². The summed E-state index contributed by atoms with van der Waals surface area (Å²) in [7, 11) is 0. The highest BCUT2D eigenvalue weighted by atomic mass is 32.2. The van der Waals surface area contributed by atoms with Gasteiger partial charge in [-0.2, -0.15) is 4.68 Å². The molecule has 140 valence electrons. The number of hydrogen-bond donors (Lipinski definition) is 0. The van der Waals surface area contributed by atoms with E-state index in [4.69, 9.17) is 0 Å². The second kappa shape index (κ2) is 9.16. The predicted molar refractivity (Wildman–Crippen MR) is 104 cm³/mol. The Morgan fingerprint density at radius 3 is 2.38 bits per heavy atom. The summed E-state index contributed by atoms with van der Waals surface area (Å²) < 4.78 is 1.70. The molecule has 1 amide bonds. The van der Waals surface area contributed by atoms with E-state index in [0.717, 1.165) is 31.6 Å². The van der Waals surface area contributed by atoms with Gasteiger partial charge < -0.3 is 4.90 Å². The molecule has 1 aromatic carbocycles. The first-order valence-electron chi connectivity index (χ1n) is 9.44. The largest absolute Gasteiger partial charge is 0.342 e. The summed E-state index contributed by atoms with van der Waals surface area (Å²) >= 11 is 1.41. The lowest BCUT2D eigenvalue weighted by atomic mass is 10.0. The van der Waals surface area contributed by atoms with Crippen LogP contribution in [0.3, 0.4) is 0 Å². The summed E-state index contributed by atoms with van der Waals surface area (Å²) in [5.74, 6) is 1.05. The number of nitrogens with zero attached hydrogens (tertiary/aromatic N) is 5. The van der Waals surface area contributed by atoms with Gasteiger partial charge in [-0.15, -0.1) is 5.10 Å². The Morgan fingerprint density at radius 2 is 1.73 bits per heavy atom. The highest BCUT2D eigenvalue weighted by Gasteiger charge is 2.17. The summed E-state index contributed by atoms with van der Waals surface area (Å²) in [5.41, 5.74) is 2.20. The van der Waals surface area contributed by atoms with Gasteiger partial charge in [0, 0.05) is 13.1 Å². The maximum absolute atomic E-state index is 12.6. The third-order valence-corrected chi connectivity index (χ3v) is 5.68. The molecule has 2 heterocycles. The molecular formula is C19H27N5OS. The number of hydrogen-bond acceptors (Lipinski definition) is 5. The molecule has 1 aromatic heterocycles. The molecule has 7 heteroatoms. The van der Waals surface area contributed by atoms with Gasteiger partial charge in [-0.3, -0.25) is 4.79 Å². The molecule has 2 aromatic rings. The summed E-state index contributed by atoms with van der Waals surface area (Å²) in [5, 5.41) is 12.6. The smallest absolute Gasteiger partial charge is 0.233 e. The number of tetrazole rings is 1. The summed E-state index contributed by atoms with van der Waals surface area (Å²) in [6.07, 6.45) is 5.96. The number of carbonyl (C=O) groups is 1. The molecule has 0 N–H and O–H groups in total. The molecule has 0 bridgehead atoms. The normalized spacial score (nSPS) is 15.7. The molecule has 6 nitrogen and oxygen atoms in total. The fraction of sp³-hybridized carbons (Fsp3) is 0.579. The molecule has 26 heavy (non-hydrogen) atoms. The van der Waals surface area contributed by atoms with E-state index >= 15 is 0 Å². The molecule has 1 aliphatic rings. The highest BCUT2D eigenvalue weighted by Crippen LogP contribution is 2.21. The standard InChI is InChI=1S/C19H27N5OS/c1-15(2)16-8-10-17(11-9-16)24-19(20-21-22-24)26-14-18(25)23-12-6-4-3-5-7-13-23/h8-11,15H,3-7,12-14H2,1-2H3. The van der Waals surface area contributed by atoms with Gasteiger partial charge in [-0.1, -0.05) is 57.0 Å². The SMILES string of the molecule is CC(C)c1ccc(-n2nnnc2SCC(=O)N2CCCCCCC2)cc1. The molecule has 1 fully saturated rings. The molecular weight excluding hydrogens is 346 g/mol. The number of likely N-dealkylation sites (tertiary alicyclic amines) is 1. The topological polar surface area (TPSA) is 63.9 Å². The van der Waals surface area contributed by atoms with Crippen molar-refractivity contribution in [2.24, 2.45) is 0 Å². The molecule has 3 rings (SSSR count). The van der Waals surface area contributed by atoms with Crippen molar-refractivity contribution in [1.82, 2.24) is 25.1 Å². The summed E-state index contributed by atoms with van der Waals surface area (Å²) in [4.78, 5) is 14.6. The lowest BCUT2D eigenvalue weighted by molar-refractivity contribution is -0.128. The van der Waals surface area contributed by atoms with Gasteiger partial charge in [0.15, 0.2) is 0 Å². The van der Waals surface area contributed by atoms with Crippen LogP contribution in [0.5, 0.6) is 0 Å². The van der Waals surface area contributed by atoms with Crippen molar-refractivity contribution in [3.8, 4) is 5.69 Å². The van der Waals surface area contributed by atoms with E-state index in [1.807, 2.05) is 17.0 Å². The van der Waals surface area contributed by atoms with E-state index in [-0.39, 0.29) is 5.91 Å². The predicted octanol–water partition coefficient (Wildman–Crippen LogP) is 3.67. The number of benzene rings is 1. The first kappa shape index (κ1) is 18.9. The van der Waals surface area contributed by atoms with Gasteiger partial charge in [0.2, 0.25) is 11.1 Å². The van der Waals surface area contributed by atoms with Crippen LogP contribution in [0, 0.1) is 0 Å². The maximum atomic E-state index is 12.6. The van der Waals surface area contributed by atoms with Gasteiger partial charge in [-0.05, 0) is 46.9 Å². The third kappa shape index (κ3) is 4.84. The minimum absolute atomic E-state index is 0.182. The zero-order valence-corrected chi connectivity index (χ0v) is 16.4. The first-order chi connectivity index (χ1) is 12.6. The van der Waals surface area contributed by atoms with E-state index in [2.05, 4.69) is 41.5 Å². The van der Waals surface area contributed by atoms with Crippen molar-refractivity contribution in [1.29, 1.82) is 0 Å². The van der Waals surface area contributed by atoms with E-state index in [1.165, 1.54) is 36.6 Å². The summed E-state index contributed by atoms with van der Waals surface area (Å²) in [6.45, 7) is 6.09. The van der Waals surface area contributed by atoms with Gasteiger partial charge in [0.1, 0.15) is 0 Å². The molecule has 0 unspecified atom stereocenters. The Hall–Kier alpha value is -1.89. The zero-order chi connectivity index (χ0) is 18.4. The van der Waals surface area contributed by atoms with Crippen molar-refractivity contribution in [2.45, 2.75) is 57.0 Å². The number of amides is 1. The van der Waals surface area contributed by atoms with Crippen molar-refractivity contribution < 1.29 is 4.79 Å². The van der Waals surface area contributed by atoms with Crippen LogP contribution in [0.15, 0.2) is 29.4 Å². The Labute approximate surface area is 159 Å². The molecule has 1 saturated heterocycles. The lowest BCUT2D eigenvalue weighted by Crippen LogP contribution is -2.35. The van der Waals surface area contributed by atoms with Crippen molar-refractivity contribution in [3.63, 3.8) is 0 Å². The van der Waals surface area contributed by atoms with Gasteiger partial charge in [0.05, 0.1) is 11.4 Å². The zero-order valence-electron chi connectivity index (χ0n) is 15.6. The van der Waals surface area contributed by atoms with Gasteiger partial charge >= 0.3 is 0 Å². The van der Waals surface area contributed by atoms with Gasteiger partial charge in [-0.25, -0.2) is 0 Å². The van der Waals surface area contributed by atoms with Crippen LogP contribution in [-0.4, -0.2) is 49.9 Å². The molecule has 0 aliphatic carbocycles. The minimum Gasteiger partial charge on any atom is -0.342 e. The van der Waals surface area contributed by atoms with Crippen LogP contribution < -0.4 is 0 Å². The number of thioether (sulfide) groups is 1. The summed E-state index contributed by atoms with van der Waals surface area (Å²) in [6, 6.07) is 8.24. The lowest BCUT2D eigenvalue weighted by Gasteiger charge is -2.24. The average Bonchev–Trinajstić information content (AvgIpc) is 3.08. The number of carbonyl (C=O) groups excluding carboxylic acids is 1. The van der Waals surface area contributed by atoms with Gasteiger partial charge in [0.25, 0.3) is 0 Å². The van der Waals surface area contributed by atoms with Crippen molar-refractivity contribution in [3.05, 3.63) is 29.8 Å². The van der Waals surface area contributed by atoms with Crippen LogP contribution >= 0.6 is 11.8 Å². The Kier molecular flexibility index (Phi) is 6.66. The fourth-order valence-electron chi connectivity index (χ4n) is 3.15. The van der Waals surface area contributed by atoms with Crippen LogP contribution in [0.2, 0.25) is 0 Å². The second-order valence-corrected chi connectivity index (χ2v) is 8.00. The minimum atomic E-state index is 0.182. The highest BCUT2D eigenvalue weighted by molar-refractivity contribution is 7.99. The van der Waals surface area contributed by atoms with Crippen LogP contribution in [-0.2, 0) is 4.79 Å². The Balaban J connectivity index is 1.62. The molecule has 0 spiro atoms. The molecule has 0 radical (unpaired) electrons. The van der Waals surface area contributed by atoms with Crippen molar-refractivity contribution in [2.75, 3.05) is 18.8 Å². The number of rotatable bonds is 5. The quantitative estimate of drug-likeness (QED) is 0.748.